The number of nitrogens with zero attached hydrogens (tertiary/aromatic N) is 1. The van der Waals surface area contributed by atoms with Crippen LogP contribution in [0.1, 0.15) is 46.5 Å². The summed E-state index contributed by atoms with van der Waals surface area (Å²) in [5, 5.41) is 6.94. The quantitative estimate of drug-likeness (QED) is 0.794. The average Bonchev–Trinajstić information content (AvgIpc) is 2.94. The Kier molecular flexibility index (Phi) is 4.14. The largest absolute Gasteiger partial charge is 0.324 e. The Labute approximate surface area is 158 Å². The number of amides is 2. The Hall–Kier alpha value is -1.82. The molecule has 1 heterocycles. The number of benzene rings is 1. The minimum Gasteiger partial charge on any atom is -0.324 e. The highest BCUT2D eigenvalue weighted by molar-refractivity contribution is 8.01. The van der Waals surface area contributed by atoms with Crippen LogP contribution in [-0.2, 0) is 9.59 Å². The van der Waals surface area contributed by atoms with Crippen LogP contribution in [0.5, 0.6) is 0 Å². The highest BCUT2D eigenvalue weighted by atomic mass is 32.2. The van der Waals surface area contributed by atoms with E-state index in [4.69, 9.17) is 0 Å². The second kappa shape index (κ2) is 6.12. The van der Waals surface area contributed by atoms with Gasteiger partial charge in [-0.3, -0.25) is 9.59 Å². The molecule has 3 atom stereocenters. The van der Waals surface area contributed by atoms with Crippen molar-refractivity contribution in [1.82, 2.24) is 5.43 Å². The van der Waals surface area contributed by atoms with Crippen molar-refractivity contribution in [3.8, 4) is 0 Å². The van der Waals surface area contributed by atoms with E-state index in [-0.39, 0.29) is 29.1 Å². The van der Waals surface area contributed by atoms with E-state index >= 15 is 0 Å². The summed E-state index contributed by atoms with van der Waals surface area (Å²) in [6.07, 6.45) is 3.48. The van der Waals surface area contributed by atoms with Crippen molar-refractivity contribution in [2.24, 2.45) is 21.8 Å². The Bertz CT molecular complexity index is 804. The molecule has 1 aromatic rings. The fourth-order valence-corrected chi connectivity index (χ4v) is 5.78. The number of hydrogen-bond donors (Lipinski definition) is 2. The lowest BCUT2D eigenvalue weighted by Gasteiger charge is -2.34. The normalized spacial score (nSPS) is 33.0. The maximum Gasteiger partial charge on any atom is 0.241 e. The summed E-state index contributed by atoms with van der Waals surface area (Å²) < 4.78 is 0. The van der Waals surface area contributed by atoms with Gasteiger partial charge in [0.05, 0.1) is 10.9 Å². The van der Waals surface area contributed by atoms with Gasteiger partial charge in [-0.25, -0.2) is 5.43 Å². The number of fused-ring (bicyclic) bond motifs is 3. The van der Waals surface area contributed by atoms with Gasteiger partial charge in [-0.1, -0.05) is 32.9 Å². The first-order valence-corrected chi connectivity index (χ1v) is 10.1. The molecule has 2 aliphatic carbocycles. The number of hydrazone groups is 1. The number of carbonyl (C=O) groups excluding carboxylic acids is 2. The lowest BCUT2D eigenvalue weighted by atomic mass is 9.70. The topological polar surface area (TPSA) is 70.6 Å². The molecule has 1 aromatic carbocycles. The first-order valence-electron chi connectivity index (χ1n) is 9.24. The molecule has 5 nitrogen and oxygen atoms in total. The lowest BCUT2D eigenvalue weighted by molar-refractivity contribution is -0.124. The number of thioether (sulfide) groups is 1. The summed E-state index contributed by atoms with van der Waals surface area (Å²) in [5.41, 5.74) is 4.95. The van der Waals surface area contributed by atoms with Crippen LogP contribution in [0.3, 0.4) is 0 Å². The molecule has 0 saturated heterocycles. The van der Waals surface area contributed by atoms with Crippen molar-refractivity contribution in [2.75, 3.05) is 5.32 Å². The first-order chi connectivity index (χ1) is 12.3. The predicted octanol–water partition coefficient (Wildman–Crippen LogP) is 3.81. The molecular weight excluding hydrogens is 346 g/mol. The minimum absolute atomic E-state index is 0.0703. The van der Waals surface area contributed by atoms with Crippen molar-refractivity contribution < 1.29 is 9.59 Å². The van der Waals surface area contributed by atoms with Gasteiger partial charge < -0.3 is 5.32 Å². The van der Waals surface area contributed by atoms with Crippen molar-refractivity contribution in [3.05, 3.63) is 24.3 Å². The molecule has 6 heteroatoms. The van der Waals surface area contributed by atoms with Crippen LogP contribution in [0.15, 0.2) is 34.3 Å². The number of carbonyl (C=O) groups is 2. The fourth-order valence-electron chi connectivity index (χ4n) is 4.67. The van der Waals surface area contributed by atoms with Gasteiger partial charge in [0, 0.05) is 22.4 Å². The van der Waals surface area contributed by atoms with Crippen molar-refractivity contribution >= 4 is 35.0 Å². The molecule has 26 heavy (non-hydrogen) atoms. The van der Waals surface area contributed by atoms with E-state index in [0.717, 1.165) is 29.1 Å². The number of anilines is 1. The Morgan fingerprint density at radius 2 is 2.12 bits per heavy atom. The van der Waals surface area contributed by atoms with E-state index in [2.05, 4.69) is 36.6 Å². The van der Waals surface area contributed by atoms with Gasteiger partial charge in [0.25, 0.3) is 0 Å². The Morgan fingerprint density at radius 1 is 1.35 bits per heavy atom. The zero-order chi connectivity index (χ0) is 18.5. The molecule has 1 aliphatic heterocycles. The Balaban J connectivity index is 1.40. The molecule has 0 aromatic heterocycles. The molecule has 2 bridgehead atoms. The van der Waals surface area contributed by atoms with Gasteiger partial charge in [0.2, 0.25) is 11.8 Å². The van der Waals surface area contributed by atoms with E-state index in [1.54, 1.807) is 0 Å². The lowest BCUT2D eigenvalue weighted by Crippen LogP contribution is -2.36. The molecular formula is C20H25N3O2S. The van der Waals surface area contributed by atoms with Gasteiger partial charge in [-0.05, 0) is 42.7 Å². The average molecular weight is 372 g/mol. The van der Waals surface area contributed by atoms with Gasteiger partial charge >= 0.3 is 0 Å². The summed E-state index contributed by atoms with van der Waals surface area (Å²) in [4.78, 5) is 25.6. The summed E-state index contributed by atoms with van der Waals surface area (Å²) in [6.45, 7) is 6.90. The van der Waals surface area contributed by atoms with Gasteiger partial charge in [0.1, 0.15) is 0 Å². The molecule has 2 fully saturated rings. The monoisotopic (exact) mass is 371 g/mol. The number of para-hydroxylation sites is 1. The van der Waals surface area contributed by atoms with E-state index < -0.39 is 5.25 Å². The Morgan fingerprint density at radius 3 is 2.81 bits per heavy atom. The maximum absolute atomic E-state index is 12.4. The smallest absolute Gasteiger partial charge is 0.241 e. The molecule has 2 saturated carbocycles. The summed E-state index contributed by atoms with van der Waals surface area (Å²) in [6, 6.07) is 7.66. The van der Waals surface area contributed by atoms with Crippen molar-refractivity contribution in [1.29, 1.82) is 0 Å². The molecule has 2 amide bonds. The second-order valence-electron chi connectivity index (χ2n) is 8.38. The standard InChI is InChI=1S/C20H25N3O2S/c1-19(2)12-8-9-20(19,3)16(10-12)22-23-17(24)11-15-18(25)21-13-6-4-5-7-14(13)26-15/h4-7,12,15H,8-11H2,1-3H3,(H,21,25)(H,23,24)/b22-16+/t12-,15+,20+/m0/s1. The third-order valence-electron chi connectivity index (χ3n) is 6.91. The molecule has 0 spiro atoms. The fraction of sp³-hybridized carbons (Fsp3) is 0.550. The van der Waals surface area contributed by atoms with Crippen LogP contribution in [0.4, 0.5) is 5.69 Å². The summed E-state index contributed by atoms with van der Waals surface area (Å²) in [5.74, 6) is 0.331. The molecule has 4 rings (SSSR count). The zero-order valence-electron chi connectivity index (χ0n) is 15.5. The molecule has 138 valence electrons. The van der Waals surface area contributed by atoms with E-state index in [9.17, 15) is 9.59 Å². The zero-order valence-corrected chi connectivity index (χ0v) is 16.3. The summed E-state index contributed by atoms with van der Waals surface area (Å²) in [7, 11) is 0. The van der Waals surface area contributed by atoms with Crippen LogP contribution < -0.4 is 10.7 Å². The van der Waals surface area contributed by atoms with Crippen LogP contribution in [0, 0.1) is 16.7 Å². The van der Waals surface area contributed by atoms with Crippen LogP contribution in [0.25, 0.3) is 0 Å². The van der Waals surface area contributed by atoms with Crippen molar-refractivity contribution in [3.63, 3.8) is 0 Å². The van der Waals surface area contributed by atoms with Crippen LogP contribution in [0.2, 0.25) is 0 Å². The second-order valence-corrected chi connectivity index (χ2v) is 9.63. The molecule has 2 N–H and O–H groups in total. The van der Waals surface area contributed by atoms with E-state index in [1.165, 1.54) is 18.2 Å². The van der Waals surface area contributed by atoms with E-state index in [1.807, 2.05) is 24.3 Å². The predicted molar refractivity (Wildman–Crippen MR) is 104 cm³/mol. The molecule has 0 radical (unpaired) electrons. The van der Waals surface area contributed by atoms with Crippen molar-refractivity contribution in [2.45, 2.75) is 56.6 Å². The van der Waals surface area contributed by atoms with Gasteiger partial charge in [0.15, 0.2) is 0 Å². The van der Waals surface area contributed by atoms with Crippen LogP contribution >= 0.6 is 11.8 Å². The molecule has 3 aliphatic rings. The number of nitrogens with one attached hydrogen (secondary N) is 2. The number of hydrogen-bond acceptors (Lipinski definition) is 4. The maximum atomic E-state index is 12.4. The van der Waals surface area contributed by atoms with Gasteiger partial charge in [-0.2, -0.15) is 5.10 Å². The minimum atomic E-state index is -0.419. The summed E-state index contributed by atoms with van der Waals surface area (Å²) >= 11 is 1.44. The molecule has 0 unspecified atom stereocenters. The van der Waals surface area contributed by atoms with Crippen LogP contribution in [-0.4, -0.2) is 22.8 Å². The number of rotatable bonds is 3. The third-order valence-corrected chi connectivity index (χ3v) is 8.18. The third kappa shape index (κ3) is 2.66. The first kappa shape index (κ1) is 17.6. The highest BCUT2D eigenvalue weighted by Crippen LogP contribution is 2.63. The van der Waals surface area contributed by atoms with Gasteiger partial charge in [-0.15, -0.1) is 11.8 Å². The SMILES string of the molecule is CC1(C)[C@H]2CC[C@]1(C)/C(=N/NC(=O)C[C@H]1Sc3ccccc3NC1=O)C2. The van der Waals surface area contributed by atoms with E-state index in [0.29, 0.717) is 5.92 Å². The highest BCUT2D eigenvalue weighted by Gasteiger charge is 2.60.